The highest BCUT2D eigenvalue weighted by Crippen LogP contribution is 2.08. The van der Waals surface area contributed by atoms with Crippen molar-refractivity contribution in [2.45, 2.75) is 6.54 Å². The highest BCUT2D eigenvalue weighted by molar-refractivity contribution is 6.29. The van der Waals surface area contributed by atoms with Gasteiger partial charge in [-0.1, -0.05) is 11.6 Å². The number of rotatable bonds is 5. The first kappa shape index (κ1) is 12.4. The molecule has 0 aliphatic carbocycles. The van der Waals surface area contributed by atoms with E-state index in [9.17, 15) is 0 Å². The van der Waals surface area contributed by atoms with Crippen molar-refractivity contribution in [3.63, 3.8) is 0 Å². The lowest BCUT2D eigenvalue weighted by Gasteiger charge is -2.19. The zero-order valence-corrected chi connectivity index (χ0v) is 10.3. The fourth-order valence-electron chi connectivity index (χ4n) is 1.30. The molecule has 0 aliphatic rings. The fourth-order valence-corrected chi connectivity index (χ4v) is 1.50. The molecule has 1 heterocycles. The highest BCUT2D eigenvalue weighted by Gasteiger charge is 2.01. The van der Waals surface area contributed by atoms with Gasteiger partial charge >= 0.3 is 0 Å². The Morgan fingerprint density at radius 3 is 2.60 bits per heavy atom. The lowest BCUT2D eigenvalue weighted by atomic mass is 10.2. The molecular formula is C11H18ClN3. The summed E-state index contributed by atoms with van der Waals surface area (Å²) in [5.74, 6) is 0. The van der Waals surface area contributed by atoms with E-state index in [1.165, 1.54) is 5.56 Å². The monoisotopic (exact) mass is 227 g/mol. The summed E-state index contributed by atoms with van der Waals surface area (Å²) in [6.07, 6.45) is 1.75. The van der Waals surface area contributed by atoms with Crippen molar-refractivity contribution in [2.24, 2.45) is 0 Å². The van der Waals surface area contributed by atoms with E-state index in [-0.39, 0.29) is 0 Å². The molecule has 0 N–H and O–H groups in total. The summed E-state index contributed by atoms with van der Waals surface area (Å²) in [4.78, 5) is 8.41. The second-order valence-electron chi connectivity index (χ2n) is 4.03. The van der Waals surface area contributed by atoms with Crippen LogP contribution in [0.2, 0.25) is 5.15 Å². The van der Waals surface area contributed by atoms with E-state index in [2.05, 4.69) is 35.9 Å². The van der Waals surface area contributed by atoms with E-state index in [4.69, 9.17) is 11.6 Å². The molecule has 0 atom stereocenters. The van der Waals surface area contributed by atoms with Crippen LogP contribution in [0, 0.1) is 0 Å². The van der Waals surface area contributed by atoms with Crippen LogP contribution in [0.1, 0.15) is 5.56 Å². The second-order valence-corrected chi connectivity index (χ2v) is 4.42. The Bertz CT molecular complexity index is 302. The second kappa shape index (κ2) is 6.05. The minimum atomic E-state index is 0.563. The third kappa shape index (κ3) is 5.11. The topological polar surface area (TPSA) is 19.4 Å². The lowest BCUT2D eigenvalue weighted by molar-refractivity contribution is 0.276. The first-order valence-corrected chi connectivity index (χ1v) is 5.39. The molecule has 15 heavy (non-hydrogen) atoms. The van der Waals surface area contributed by atoms with E-state index in [0.29, 0.717) is 5.15 Å². The molecule has 0 saturated carbocycles. The van der Waals surface area contributed by atoms with E-state index in [0.717, 1.165) is 19.6 Å². The number of hydrogen-bond donors (Lipinski definition) is 0. The Hall–Kier alpha value is -0.640. The maximum Gasteiger partial charge on any atom is 0.129 e. The molecule has 4 heteroatoms. The standard InChI is InChI=1S/C11H18ClN3/c1-14(2)6-7-15(3)9-10-4-5-13-11(12)8-10/h4-5,8H,6-7,9H2,1-3H3. The summed E-state index contributed by atoms with van der Waals surface area (Å²) in [6.45, 7) is 3.03. The zero-order valence-electron chi connectivity index (χ0n) is 9.57. The van der Waals surface area contributed by atoms with Crippen LogP contribution in [0.3, 0.4) is 0 Å². The largest absolute Gasteiger partial charge is 0.308 e. The molecule has 3 nitrogen and oxygen atoms in total. The Morgan fingerprint density at radius 2 is 2.00 bits per heavy atom. The molecule has 0 aliphatic heterocycles. The highest BCUT2D eigenvalue weighted by atomic mass is 35.5. The van der Waals surface area contributed by atoms with Gasteiger partial charge in [0.1, 0.15) is 5.15 Å². The van der Waals surface area contributed by atoms with Gasteiger partial charge in [0.2, 0.25) is 0 Å². The molecule has 0 aromatic carbocycles. The van der Waals surface area contributed by atoms with Crippen molar-refractivity contribution < 1.29 is 0 Å². The van der Waals surface area contributed by atoms with Gasteiger partial charge in [-0.2, -0.15) is 0 Å². The molecule has 84 valence electrons. The summed E-state index contributed by atoms with van der Waals surface area (Å²) >= 11 is 5.82. The van der Waals surface area contributed by atoms with Crippen LogP contribution in [0.25, 0.3) is 0 Å². The minimum Gasteiger partial charge on any atom is -0.308 e. The van der Waals surface area contributed by atoms with E-state index >= 15 is 0 Å². The van der Waals surface area contributed by atoms with E-state index in [1.54, 1.807) is 6.20 Å². The number of halogens is 1. The van der Waals surface area contributed by atoms with Gasteiger partial charge < -0.3 is 9.80 Å². The molecule has 0 radical (unpaired) electrons. The van der Waals surface area contributed by atoms with Gasteiger partial charge in [0, 0.05) is 25.8 Å². The van der Waals surface area contributed by atoms with Gasteiger partial charge in [-0.05, 0) is 38.8 Å². The SMILES string of the molecule is CN(C)CCN(C)Cc1ccnc(Cl)c1. The first-order chi connectivity index (χ1) is 7.08. The molecule has 0 bridgehead atoms. The fraction of sp³-hybridized carbons (Fsp3) is 0.545. The summed E-state index contributed by atoms with van der Waals surface area (Å²) in [5, 5.41) is 0.563. The average Bonchev–Trinajstić information content (AvgIpc) is 2.15. The number of likely N-dealkylation sites (N-methyl/N-ethyl adjacent to an activating group) is 2. The van der Waals surface area contributed by atoms with Crippen molar-refractivity contribution >= 4 is 11.6 Å². The molecule has 1 aromatic rings. The third-order valence-corrected chi connectivity index (χ3v) is 2.38. The summed E-state index contributed by atoms with van der Waals surface area (Å²) in [6, 6.07) is 3.91. The average molecular weight is 228 g/mol. The molecule has 0 spiro atoms. The van der Waals surface area contributed by atoms with Gasteiger partial charge in [-0.3, -0.25) is 0 Å². The number of hydrogen-bond acceptors (Lipinski definition) is 3. The van der Waals surface area contributed by atoms with Crippen molar-refractivity contribution in [3.8, 4) is 0 Å². The van der Waals surface area contributed by atoms with Crippen molar-refractivity contribution in [3.05, 3.63) is 29.0 Å². The van der Waals surface area contributed by atoms with Gasteiger partial charge in [0.05, 0.1) is 0 Å². The minimum absolute atomic E-state index is 0.563. The van der Waals surface area contributed by atoms with Crippen molar-refractivity contribution in [1.82, 2.24) is 14.8 Å². The van der Waals surface area contributed by atoms with Crippen LogP contribution in [0.4, 0.5) is 0 Å². The van der Waals surface area contributed by atoms with Crippen molar-refractivity contribution in [1.29, 1.82) is 0 Å². The molecular weight excluding hydrogens is 210 g/mol. The molecule has 0 saturated heterocycles. The van der Waals surface area contributed by atoms with Crippen LogP contribution in [0.15, 0.2) is 18.3 Å². The maximum absolute atomic E-state index is 5.82. The van der Waals surface area contributed by atoms with Gasteiger partial charge in [-0.25, -0.2) is 4.98 Å². The summed E-state index contributed by atoms with van der Waals surface area (Å²) < 4.78 is 0. The summed E-state index contributed by atoms with van der Waals surface area (Å²) in [7, 11) is 6.27. The number of pyridine rings is 1. The summed E-state index contributed by atoms with van der Waals surface area (Å²) in [5.41, 5.74) is 1.20. The van der Waals surface area contributed by atoms with Crippen LogP contribution in [-0.4, -0.2) is 49.0 Å². The lowest BCUT2D eigenvalue weighted by Crippen LogP contribution is -2.28. The van der Waals surface area contributed by atoms with Gasteiger partial charge in [-0.15, -0.1) is 0 Å². The third-order valence-electron chi connectivity index (χ3n) is 2.17. The molecule has 1 rings (SSSR count). The van der Waals surface area contributed by atoms with E-state index in [1.807, 2.05) is 12.1 Å². The van der Waals surface area contributed by atoms with Gasteiger partial charge in [0.15, 0.2) is 0 Å². The van der Waals surface area contributed by atoms with E-state index < -0.39 is 0 Å². The van der Waals surface area contributed by atoms with Crippen LogP contribution >= 0.6 is 11.6 Å². The van der Waals surface area contributed by atoms with Crippen molar-refractivity contribution in [2.75, 3.05) is 34.2 Å². The van der Waals surface area contributed by atoms with Crippen LogP contribution < -0.4 is 0 Å². The predicted molar refractivity (Wildman–Crippen MR) is 64.1 cm³/mol. The molecule has 0 fully saturated rings. The van der Waals surface area contributed by atoms with Gasteiger partial charge in [0.25, 0.3) is 0 Å². The molecule has 0 unspecified atom stereocenters. The Kier molecular flexibility index (Phi) is 5.02. The quantitative estimate of drug-likeness (QED) is 0.715. The smallest absolute Gasteiger partial charge is 0.129 e. The van der Waals surface area contributed by atoms with Crippen LogP contribution in [-0.2, 0) is 6.54 Å². The number of nitrogens with zero attached hydrogens (tertiary/aromatic N) is 3. The Morgan fingerprint density at radius 1 is 1.27 bits per heavy atom. The molecule has 1 aromatic heterocycles. The Labute approximate surface area is 96.7 Å². The normalized spacial score (nSPS) is 11.3. The maximum atomic E-state index is 5.82. The van der Waals surface area contributed by atoms with Crippen LogP contribution in [0.5, 0.6) is 0 Å². The Balaban J connectivity index is 2.40. The zero-order chi connectivity index (χ0) is 11.3. The molecule has 0 amide bonds. The predicted octanol–water partition coefficient (Wildman–Crippen LogP) is 1.73. The number of aromatic nitrogens is 1. The first-order valence-electron chi connectivity index (χ1n) is 5.01.